The van der Waals surface area contributed by atoms with E-state index in [0.29, 0.717) is 5.56 Å². The summed E-state index contributed by atoms with van der Waals surface area (Å²) in [5.41, 5.74) is 0.468. The Hall–Kier alpha value is -1.36. The fraction of sp³-hybridized carbons (Fsp3) is 0.429. The van der Waals surface area contributed by atoms with E-state index in [0.717, 1.165) is 0 Å². The summed E-state index contributed by atoms with van der Waals surface area (Å²) in [7, 11) is 0. The SMILES string of the molecule is C[C@@H](CO)NC(=O)c1cn[nH]c1. The van der Waals surface area contributed by atoms with Crippen molar-refractivity contribution < 1.29 is 9.90 Å². The van der Waals surface area contributed by atoms with E-state index in [1.807, 2.05) is 0 Å². The van der Waals surface area contributed by atoms with Crippen LogP contribution in [0.5, 0.6) is 0 Å². The number of aliphatic hydroxyl groups excluding tert-OH is 1. The maximum absolute atomic E-state index is 11.2. The number of nitrogens with one attached hydrogen (secondary N) is 2. The molecule has 0 aliphatic carbocycles. The molecule has 0 aromatic carbocycles. The first-order valence-electron chi connectivity index (χ1n) is 3.64. The second-order valence-corrected chi connectivity index (χ2v) is 2.54. The summed E-state index contributed by atoms with van der Waals surface area (Å²) in [6.07, 6.45) is 2.93. The van der Waals surface area contributed by atoms with Gasteiger partial charge >= 0.3 is 0 Å². The van der Waals surface area contributed by atoms with Crippen LogP contribution < -0.4 is 5.32 Å². The average Bonchev–Trinajstić information content (AvgIpc) is 2.56. The van der Waals surface area contributed by atoms with E-state index >= 15 is 0 Å². The van der Waals surface area contributed by atoms with Gasteiger partial charge in [-0.05, 0) is 6.92 Å². The summed E-state index contributed by atoms with van der Waals surface area (Å²) in [6, 6.07) is -0.229. The van der Waals surface area contributed by atoms with E-state index in [-0.39, 0.29) is 18.6 Å². The molecule has 0 aliphatic heterocycles. The van der Waals surface area contributed by atoms with Gasteiger partial charge in [0.2, 0.25) is 0 Å². The topological polar surface area (TPSA) is 78.0 Å². The smallest absolute Gasteiger partial charge is 0.254 e. The molecular formula is C7H11N3O2. The minimum atomic E-state index is -0.231. The number of nitrogens with zero attached hydrogens (tertiary/aromatic N) is 1. The van der Waals surface area contributed by atoms with Crippen LogP contribution in [0.3, 0.4) is 0 Å². The molecule has 3 N–H and O–H groups in total. The van der Waals surface area contributed by atoms with Gasteiger partial charge in [-0.1, -0.05) is 0 Å². The van der Waals surface area contributed by atoms with Crippen LogP contribution >= 0.6 is 0 Å². The van der Waals surface area contributed by atoms with Crippen molar-refractivity contribution in [1.82, 2.24) is 15.5 Å². The Morgan fingerprint density at radius 1 is 1.92 bits per heavy atom. The first kappa shape index (κ1) is 8.73. The van der Waals surface area contributed by atoms with Gasteiger partial charge in [-0.2, -0.15) is 5.10 Å². The molecule has 12 heavy (non-hydrogen) atoms. The van der Waals surface area contributed by atoms with Crippen molar-refractivity contribution in [3.05, 3.63) is 18.0 Å². The first-order valence-corrected chi connectivity index (χ1v) is 3.64. The number of H-pyrrole nitrogens is 1. The lowest BCUT2D eigenvalue weighted by atomic mass is 10.3. The van der Waals surface area contributed by atoms with Crippen molar-refractivity contribution in [3.63, 3.8) is 0 Å². The molecule has 5 heteroatoms. The highest BCUT2D eigenvalue weighted by atomic mass is 16.3. The van der Waals surface area contributed by atoms with Gasteiger partial charge in [-0.3, -0.25) is 9.89 Å². The van der Waals surface area contributed by atoms with E-state index in [9.17, 15) is 4.79 Å². The highest BCUT2D eigenvalue weighted by molar-refractivity contribution is 5.93. The van der Waals surface area contributed by atoms with Crippen LogP contribution in [0.15, 0.2) is 12.4 Å². The maximum atomic E-state index is 11.2. The molecule has 0 saturated heterocycles. The number of hydrogen-bond donors (Lipinski definition) is 3. The summed E-state index contributed by atoms with van der Waals surface area (Å²) in [5, 5.41) is 17.4. The maximum Gasteiger partial charge on any atom is 0.254 e. The third-order valence-corrected chi connectivity index (χ3v) is 1.41. The molecule has 1 amide bonds. The van der Waals surface area contributed by atoms with Gasteiger partial charge in [0.1, 0.15) is 0 Å². The second kappa shape index (κ2) is 3.87. The highest BCUT2D eigenvalue weighted by Crippen LogP contribution is 1.93. The Bertz CT molecular complexity index is 245. The number of amides is 1. The van der Waals surface area contributed by atoms with E-state index in [1.165, 1.54) is 12.4 Å². The molecule has 0 fully saturated rings. The van der Waals surface area contributed by atoms with Crippen molar-refractivity contribution >= 4 is 5.91 Å². The molecule has 1 aromatic heterocycles. The van der Waals surface area contributed by atoms with Gasteiger partial charge < -0.3 is 10.4 Å². The monoisotopic (exact) mass is 169 g/mol. The summed E-state index contributed by atoms with van der Waals surface area (Å²) in [4.78, 5) is 11.2. The van der Waals surface area contributed by atoms with Crippen LogP contribution in [0.4, 0.5) is 0 Å². The Labute approximate surface area is 69.8 Å². The first-order chi connectivity index (χ1) is 5.74. The molecule has 0 radical (unpaired) electrons. The van der Waals surface area contributed by atoms with Crippen LogP contribution in [-0.2, 0) is 0 Å². The van der Waals surface area contributed by atoms with E-state index in [2.05, 4.69) is 15.5 Å². The zero-order chi connectivity index (χ0) is 8.97. The number of aromatic amines is 1. The summed E-state index contributed by atoms with van der Waals surface area (Å²) in [6.45, 7) is 1.65. The molecule has 1 aromatic rings. The van der Waals surface area contributed by atoms with E-state index < -0.39 is 0 Å². The Morgan fingerprint density at radius 3 is 3.17 bits per heavy atom. The van der Waals surface area contributed by atoms with Crippen molar-refractivity contribution in [3.8, 4) is 0 Å². The van der Waals surface area contributed by atoms with Gasteiger partial charge in [-0.25, -0.2) is 0 Å². The fourth-order valence-corrected chi connectivity index (χ4v) is 0.728. The van der Waals surface area contributed by atoms with Gasteiger partial charge in [0, 0.05) is 12.2 Å². The van der Waals surface area contributed by atoms with Crippen LogP contribution in [-0.4, -0.2) is 33.9 Å². The minimum absolute atomic E-state index is 0.0659. The van der Waals surface area contributed by atoms with Crippen LogP contribution in [0, 0.1) is 0 Å². The zero-order valence-corrected chi connectivity index (χ0v) is 6.74. The van der Waals surface area contributed by atoms with Gasteiger partial charge in [0.15, 0.2) is 0 Å². The standard InChI is InChI=1S/C7H11N3O2/c1-5(4-11)10-7(12)6-2-8-9-3-6/h2-3,5,11H,4H2,1H3,(H,8,9)(H,10,12)/t5-/m0/s1. The Morgan fingerprint density at radius 2 is 2.67 bits per heavy atom. The van der Waals surface area contributed by atoms with Gasteiger partial charge in [0.25, 0.3) is 5.91 Å². The van der Waals surface area contributed by atoms with Crippen molar-refractivity contribution in [2.75, 3.05) is 6.61 Å². The molecule has 5 nitrogen and oxygen atoms in total. The normalized spacial score (nSPS) is 12.5. The number of carbonyl (C=O) groups is 1. The number of carbonyl (C=O) groups excluding carboxylic acids is 1. The minimum Gasteiger partial charge on any atom is -0.394 e. The molecule has 1 atom stereocenters. The lowest BCUT2D eigenvalue weighted by Gasteiger charge is -2.08. The predicted molar refractivity (Wildman–Crippen MR) is 42.6 cm³/mol. The van der Waals surface area contributed by atoms with Crippen molar-refractivity contribution in [2.24, 2.45) is 0 Å². The van der Waals surface area contributed by atoms with Crippen LogP contribution in [0.25, 0.3) is 0 Å². The van der Waals surface area contributed by atoms with Gasteiger partial charge in [0.05, 0.1) is 18.4 Å². The summed E-state index contributed by atoms with van der Waals surface area (Å²) in [5.74, 6) is -0.231. The van der Waals surface area contributed by atoms with Crippen LogP contribution in [0.1, 0.15) is 17.3 Å². The quantitative estimate of drug-likeness (QED) is 0.572. The largest absolute Gasteiger partial charge is 0.394 e. The van der Waals surface area contributed by atoms with Crippen molar-refractivity contribution in [1.29, 1.82) is 0 Å². The third kappa shape index (κ3) is 2.06. The molecule has 0 spiro atoms. The predicted octanol–water partition coefficient (Wildman–Crippen LogP) is -0.480. The molecule has 0 aliphatic rings. The summed E-state index contributed by atoms with van der Waals surface area (Å²) >= 11 is 0. The lowest BCUT2D eigenvalue weighted by molar-refractivity contribution is 0.0922. The highest BCUT2D eigenvalue weighted by Gasteiger charge is 2.08. The second-order valence-electron chi connectivity index (χ2n) is 2.54. The lowest BCUT2D eigenvalue weighted by Crippen LogP contribution is -2.34. The number of aromatic nitrogens is 2. The number of hydrogen-bond acceptors (Lipinski definition) is 3. The zero-order valence-electron chi connectivity index (χ0n) is 6.74. The molecular weight excluding hydrogens is 158 g/mol. The Kier molecular flexibility index (Phi) is 2.82. The number of rotatable bonds is 3. The Balaban J connectivity index is 2.50. The van der Waals surface area contributed by atoms with Crippen LogP contribution in [0.2, 0.25) is 0 Å². The van der Waals surface area contributed by atoms with Gasteiger partial charge in [-0.15, -0.1) is 0 Å². The molecule has 0 saturated carbocycles. The molecule has 1 rings (SSSR count). The molecule has 0 bridgehead atoms. The molecule has 0 unspecified atom stereocenters. The molecule has 66 valence electrons. The fourth-order valence-electron chi connectivity index (χ4n) is 0.728. The summed E-state index contributed by atoms with van der Waals surface area (Å²) < 4.78 is 0. The molecule has 1 heterocycles. The third-order valence-electron chi connectivity index (χ3n) is 1.41. The average molecular weight is 169 g/mol. The van der Waals surface area contributed by atoms with Crippen molar-refractivity contribution in [2.45, 2.75) is 13.0 Å². The number of aliphatic hydroxyl groups is 1. The van der Waals surface area contributed by atoms with E-state index in [4.69, 9.17) is 5.11 Å². The van der Waals surface area contributed by atoms with E-state index in [1.54, 1.807) is 6.92 Å².